The standard InChI is InChI=1S/C42H47N5O2/c1-42(2)27-35-39(37(48)28-42)41(32-19-21-33(22-20-32)44(3)4)47(36-18-12-11-17-34(36)43-35)29-38(49)45-23-25-46(26-24-45)40(30-13-7-5-8-14-30)31-15-9-6-10-16-31/h5-22,40-41,43H,23-29H2,1-4H3. The lowest BCUT2D eigenvalue weighted by atomic mass is 9.73. The first-order valence-electron chi connectivity index (χ1n) is 17.5. The van der Waals surface area contributed by atoms with Crippen molar-refractivity contribution in [3.63, 3.8) is 0 Å². The third kappa shape index (κ3) is 6.73. The molecule has 0 saturated carbocycles. The fraction of sp³-hybridized carbons (Fsp3) is 0.333. The van der Waals surface area contributed by atoms with Crippen molar-refractivity contribution in [2.24, 2.45) is 5.41 Å². The van der Waals surface area contributed by atoms with E-state index < -0.39 is 6.04 Å². The van der Waals surface area contributed by atoms with Crippen LogP contribution in [0.3, 0.4) is 0 Å². The van der Waals surface area contributed by atoms with E-state index in [1.807, 2.05) is 31.1 Å². The second kappa shape index (κ2) is 13.6. The number of allylic oxidation sites excluding steroid dienone is 1. The molecule has 1 N–H and O–H groups in total. The van der Waals surface area contributed by atoms with Gasteiger partial charge in [0.25, 0.3) is 0 Å². The zero-order valence-electron chi connectivity index (χ0n) is 29.1. The van der Waals surface area contributed by atoms with E-state index in [4.69, 9.17) is 0 Å². The van der Waals surface area contributed by atoms with Gasteiger partial charge >= 0.3 is 0 Å². The maximum atomic E-state index is 14.4. The summed E-state index contributed by atoms with van der Waals surface area (Å²) in [6, 6.07) is 37.7. The van der Waals surface area contributed by atoms with E-state index in [1.54, 1.807) is 0 Å². The first-order chi connectivity index (χ1) is 23.7. The van der Waals surface area contributed by atoms with Gasteiger partial charge in [-0.2, -0.15) is 0 Å². The number of rotatable bonds is 7. The number of amides is 1. The van der Waals surface area contributed by atoms with Crippen LogP contribution in [0.2, 0.25) is 0 Å². The van der Waals surface area contributed by atoms with E-state index in [1.165, 1.54) is 11.1 Å². The van der Waals surface area contributed by atoms with Crippen LogP contribution < -0.4 is 15.1 Å². The fourth-order valence-electron chi connectivity index (χ4n) is 7.89. The molecule has 1 fully saturated rings. The van der Waals surface area contributed by atoms with Crippen LogP contribution in [0.15, 0.2) is 120 Å². The van der Waals surface area contributed by atoms with Crippen molar-refractivity contribution < 1.29 is 9.59 Å². The van der Waals surface area contributed by atoms with E-state index in [9.17, 15) is 9.59 Å². The van der Waals surface area contributed by atoms with Gasteiger partial charge < -0.3 is 20.0 Å². The number of para-hydroxylation sites is 2. The molecule has 0 aromatic heterocycles. The van der Waals surface area contributed by atoms with Crippen LogP contribution in [0.5, 0.6) is 0 Å². The number of benzene rings is 4. The van der Waals surface area contributed by atoms with Gasteiger partial charge in [0.2, 0.25) is 5.91 Å². The lowest BCUT2D eigenvalue weighted by molar-refractivity contribution is -0.131. The summed E-state index contributed by atoms with van der Waals surface area (Å²) in [5, 5.41) is 3.69. The van der Waals surface area contributed by atoms with Gasteiger partial charge in [0.1, 0.15) is 0 Å². The highest BCUT2D eigenvalue weighted by Crippen LogP contribution is 2.48. The average Bonchev–Trinajstić information content (AvgIpc) is 3.23. The smallest absolute Gasteiger partial charge is 0.242 e. The molecule has 0 bridgehead atoms. The van der Waals surface area contributed by atoms with Gasteiger partial charge in [-0.3, -0.25) is 14.5 Å². The Labute approximate surface area is 290 Å². The van der Waals surface area contributed by atoms with Crippen molar-refractivity contribution in [1.29, 1.82) is 0 Å². The lowest BCUT2D eigenvalue weighted by Crippen LogP contribution is -2.52. The maximum absolute atomic E-state index is 14.4. The van der Waals surface area contributed by atoms with Crippen molar-refractivity contribution in [3.8, 4) is 0 Å². The molecule has 3 aliphatic rings. The van der Waals surface area contributed by atoms with Gasteiger partial charge in [-0.1, -0.05) is 98.8 Å². The molecule has 1 saturated heterocycles. The van der Waals surface area contributed by atoms with E-state index in [0.29, 0.717) is 19.5 Å². The normalized spacial score (nSPS) is 19.2. The van der Waals surface area contributed by atoms with E-state index >= 15 is 0 Å². The number of fused-ring (bicyclic) bond motifs is 1. The molecule has 1 amide bonds. The Hall–Kier alpha value is -4.88. The Morgan fingerprint density at radius 3 is 2.00 bits per heavy atom. The number of nitrogens with one attached hydrogen (secondary N) is 1. The Morgan fingerprint density at radius 2 is 1.39 bits per heavy atom. The molecule has 1 unspecified atom stereocenters. The first kappa shape index (κ1) is 32.7. The topological polar surface area (TPSA) is 59.1 Å². The summed E-state index contributed by atoms with van der Waals surface area (Å²) < 4.78 is 0. The van der Waals surface area contributed by atoms with Crippen molar-refractivity contribution in [2.75, 3.05) is 61.9 Å². The fourth-order valence-corrected chi connectivity index (χ4v) is 7.89. The largest absolute Gasteiger partial charge is 0.378 e. The van der Waals surface area contributed by atoms with Gasteiger partial charge in [0.05, 0.1) is 30.0 Å². The third-order valence-corrected chi connectivity index (χ3v) is 10.3. The summed E-state index contributed by atoms with van der Waals surface area (Å²) in [6.07, 6.45) is 1.24. The van der Waals surface area contributed by atoms with Crippen LogP contribution >= 0.6 is 0 Å². The molecule has 4 aromatic rings. The molecule has 49 heavy (non-hydrogen) atoms. The number of Topliss-reactive ketones (excluding diaryl/α,β-unsaturated/α-hetero) is 1. The minimum Gasteiger partial charge on any atom is -0.378 e. The highest BCUT2D eigenvalue weighted by atomic mass is 16.2. The first-order valence-corrected chi connectivity index (χ1v) is 17.5. The molecule has 7 heteroatoms. The van der Waals surface area contributed by atoms with E-state index in [0.717, 1.165) is 53.4 Å². The second-order valence-corrected chi connectivity index (χ2v) is 14.6. The summed E-state index contributed by atoms with van der Waals surface area (Å²) in [5.74, 6) is 0.222. The van der Waals surface area contributed by atoms with Crippen LogP contribution in [0.4, 0.5) is 17.1 Å². The van der Waals surface area contributed by atoms with Crippen molar-refractivity contribution in [2.45, 2.75) is 38.8 Å². The summed E-state index contributed by atoms with van der Waals surface area (Å²) in [5.41, 5.74) is 8.07. The molecule has 252 valence electrons. The summed E-state index contributed by atoms with van der Waals surface area (Å²) in [4.78, 5) is 37.3. The van der Waals surface area contributed by atoms with E-state index in [2.05, 4.69) is 131 Å². The Morgan fingerprint density at radius 1 is 0.796 bits per heavy atom. The molecule has 1 aliphatic carbocycles. The number of anilines is 3. The number of nitrogens with zero attached hydrogens (tertiary/aromatic N) is 4. The highest BCUT2D eigenvalue weighted by Gasteiger charge is 2.42. The Kier molecular flexibility index (Phi) is 9.03. The Balaban J connectivity index is 1.20. The van der Waals surface area contributed by atoms with Crippen LogP contribution in [-0.4, -0.2) is 68.3 Å². The molecule has 7 rings (SSSR count). The number of carbonyl (C=O) groups excluding carboxylic acids is 2. The van der Waals surface area contributed by atoms with Crippen LogP contribution in [0.25, 0.3) is 0 Å². The lowest BCUT2D eigenvalue weighted by Gasteiger charge is -2.41. The number of piperazine rings is 1. The minimum absolute atomic E-state index is 0.0768. The molecule has 0 radical (unpaired) electrons. The number of carbonyl (C=O) groups is 2. The molecule has 2 heterocycles. The van der Waals surface area contributed by atoms with Crippen molar-refractivity contribution in [3.05, 3.63) is 137 Å². The second-order valence-electron chi connectivity index (χ2n) is 14.6. The maximum Gasteiger partial charge on any atom is 0.242 e. The van der Waals surface area contributed by atoms with Gasteiger partial charge in [0, 0.05) is 63.7 Å². The van der Waals surface area contributed by atoms with Gasteiger partial charge in [0.15, 0.2) is 5.78 Å². The van der Waals surface area contributed by atoms with Gasteiger partial charge in [-0.15, -0.1) is 0 Å². The quantitative estimate of drug-likeness (QED) is 0.226. The Bertz CT molecular complexity index is 1790. The minimum atomic E-state index is -0.392. The highest BCUT2D eigenvalue weighted by molar-refractivity contribution is 6.02. The van der Waals surface area contributed by atoms with Crippen LogP contribution in [-0.2, 0) is 9.59 Å². The average molecular weight is 654 g/mol. The number of hydrogen-bond acceptors (Lipinski definition) is 6. The number of hydrogen-bond donors (Lipinski definition) is 1. The van der Waals surface area contributed by atoms with Crippen LogP contribution in [0.1, 0.15) is 55.5 Å². The zero-order valence-corrected chi connectivity index (χ0v) is 29.1. The molecule has 2 aliphatic heterocycles. The third-order valence-electron chi connectivity index (χ3n) is 10.3. The van der Waals surface area contributed by atoms with Crippen molar-refractivity contribution >= 4 is 28.8 Å². The van der Waals surface area contributed by atoms with Gasteiger partial charge in [-0.25, -0.2) is 0 Å². The molecule has 1 atom stereocenters. The summed E-state index contributed by atoms with van der Waals surface area (Å²) in [7, 11) is 4.06. The SMILES string of the molecule is CN(C)c1ccc(C2C3=C(CC(C)(C)CC3=O)Nc3ccccc3N2CC(=O)N2CCN(C(c3ccccc3)c3ccccc3)CC2)cc1. The number of ketones is 1. The predicted octanol–water partition coefficient (Wildman–Crippen LogP) is 7.30. The molecule has 4 aromatic carbocycles. The monoisotopic (exact) mass is 653 g/mol. The van der Waals surface area contributed by atoms with E-state index in [-0.39, 0.29) is 29.7 Å². The van der Waals surface area contributed by atoms with Crippen LogP contribution in [0, 0.1) is 5.41 Å². The molecular weight excluding hydrogens is 606 g/mol. The zero-order chi connectivity index (χ0) is 34.1. The van der Waals surface area contributed by atoms with Crippen molar-refractivity contribution in [1.82, 2.24) is 9.80 Å². The summed E-state index contributed by atoms with van der Waals surface area (Å²) >= 11 is 0. The molecular formula is C42H47N5O2. The predicted molar refractivity (Wildman–Crippen MR) is 199 cm³/mol. The van der Waals surface area contributed by atoms with Gasteiger partial charge in [-0.05, 0) is 52.8 Å². The molecule has 0 spiro atoms. The summed E-state index contributed by atoms with van der Waals surface area (Å²) in [6.45, 7) is 7.34. The molecule has 7 nitrogen and oxygen atoms in total.